The number of imidazole rings is 1. The number of ether oxygens (including phenoxy) is 1. The molecule has 0 aliphatic carbocycles. The first-order valence-electron chi connectivity index (χ1n) is 19.6. The molecule has 2 aromatic heterocycles. The number of aliphatic hydroxyl groups excluding tert-OH is 3. The van der Waals surface area contributed by atoms with E-state index in [-0.39, 0.29) is 72.0 Å². The number of fused-ring (bicyclic) bond motifs is 1. The lowest BCUT2D eigenvalue weighted by Crippen LogP contribution is -2.46. The second kappa shape index (κ2) is 24.1. The summed E-state index contributed by atoms with van der Waals surface area (Å²) in [5.74, 6) is -2.39. The number of carbonyl (C=O) groups is 4. The van der Waals surface area contributed by atoms with E-state index in [1.54, 1.807) is 0 Å². The fraction of sp³-hybridized carbons (Fsp3) is 0.727. The Bertz CT molecular complexity index is 2060. The van der Waals surface area contributed by atoms with Crippen molar-refractivity contribution in [1.82, 2.24) is 30.2 Å². The summed E-state index contributed by atoms with van der Waals surface area (Å²) < 4.78 is 62.2. The van der Waals surface area contributed by atoms with Gasteiger partial charge >= 0.3 is 29.4 Å². The highest BCUT2D eigenvalue weighted by Gasteiger charge is 2.50. The van der Waals surface area contributed by atoms with Gasteiger partial charge in [0, 0.05) is 43.5 Å². The summed E-state index contributed by atoms with van der Waals surface area (Å²) in [5, 5.41) is 45.4. The van der Waals surface area contributed by atoms with Crippen LogP contribution in [0.25, 0.3) is 11.2 Å². The number of carboxylic acids is 1. The molecule has 1 fully saturated rings. The van der Waals surface area contributed by atoms with Gasteiger partial charge in [-0.25, -0.2) is 28.6 Å². The lowest BCUT2D eigenvalue weighted by atomic mass is 9.87. The molecule has 1 aliphatic rings. The number of hydrogen-bond acceptors (Lipinski definition) is 20. The van der Waals surface area contributed by atoms with Crippen molar-refractivity contribution >= 4 is 75.1 Å². The summed E-state index contributed by atoms with van der Waals surface area (Å²) in [6.07, 6.45) is -5.97. The lowest BCUT2D eigenvalue weighted by molar-refractivity contribution is -0.138. The van der Waals surface area contributed by atoms with E-state index in [1.807, 2.05) is 13.8 Å². The third-order valence-corrected chi connectivity index (χ3v) is 13.7. The second-order valence-corrected chi connectivity index (χ2v) is 21.1. The van der Waals surface area contributed by atoms with E-state index < -0.39 is 96.6 Å². The van der Waals surface area contributed by atoms with Crippen molar-refractivity contribution in [3.63, 3.8) is 0 Å². The number of nitrogens with zero attached hydrogens (tertiary/aromatic N) is 4. The molecule has 0 aromatic carbocycles. The Morgan fingerprint density at radius 2 is 1.66 bits per heavy atom. The molecule has 1 saturated heterocycles. The number of amides is 2. The molecular weight excluding hydrogens is 939 g/mol. The van der Waals surface area contributed by atoms with Crippen LogP contribution in [0.3, 0.4) is 0 Å². The van der Waals surface area contributed by atoms with Crippen LogP contribution in [0.15, 0.2) is 12.7 Å². The van der Waals surface area contributed by atoms with Crippen molar-refractivity contribution < 1.29 is 95.5 Å². The van der Waals surface area contributed by atoms with Gasteiger partial charge in [0.25, 0.3) is 0 Å². The fourth-order valence-corrected chi connectivity index (χ4v) is 9.66. The molecule has 1 aliphatic heterocycles. The number of hydrogen-bond donors (Lipinski definition) is 11. The van der Waals surface area contributed by atoms with Crippen LogP contribution < -0.4 is 16.4 Å². The summed E-state index contributed by atoms with van der Waals surface area (Å²) in [4.78, 5) is 99.0. The number of aliphatic hydroxyl groups is 3. The third-order valence-electron chi connectivity index (χ3n) is 9.68. The third kappa shape index (κ3) is 18.0. The Balaban J connectivity index is 1.40. The van der Waals surface area contributed by atoms with E-state index in [0.29, 0.717) is 19.3 Å². The standard InChI is InChI=1S/C33H56N7O20P3S/c1-18(12-23(43)44)6-5-7-19(2)20(41)13-24(45)64-11-10-35-22(42)8-9-36-31(48)28(47)33(3,4)15-57-63(54,55)60-62(52,53)56-14-21-27(59-61(49,50)51)26(46)32(58-21)40-17-39-25-29(34)37-16-38-30(25)40/h16-21,26-28,32,41,46-47H,5-15H2,1-4H3,(H,35,42)(H,36,48)(H,43,44)(H,52,53)(H,54,55)(H2,34,37,38)(H2,49,50,51)/t18?,19?,20?,21-,26+,27-,28+,32-/m1/s1. The highest BCUT2D eigenvalue weighted by molar-refractivity contribution is 8.13. The first-order chi connectivity index (χ1) is 29.6. The Kier molecular flexibility index (Phi) is 20.9. The number of phosphoric ester groups is 3. The number of rotatable bonds is 28. The summed E-state index contributed by atoms with van der Waals surface area (Å²) in [6, 6.07) is 0. The van der Waals surface area contributed by atoms with Crippen LogP contribution in [0.2, 0.25) is 0 Å². The number of anilines is 1. The molecule has 64 heavy (non-hydrogen) atoms. The van der Waals surface area contributed by atoms with Gasteiger partial charge in [-0.2, -0.15) is 4.31 Å². The van der Waals surface area contributed by atoms with Crippen LogP contribution in [0.5, 0.6) is 0 Å². The van der Waals surface area contributed by atoms with Gasteiger partial charge in [0.2, 0.25) is 11.8 Å². The molecule has 2 aromatic rings. The van der Waals surface area contributed by atoms with E-state index in [9.17, 15) is 67.8 Å². The summed E-state index contributed by atoms with van der Waals surface area (Å²) in [5.41, 5.74) is 4.20. The average molecular weight is 996 g/mol. The number of phosphoric acid groups is 3. The number of thioether (sulfide) groups is 1. The van der Waals surface area contributed by atoms with Crippen molar-refractivity contribution in [3.8, 4) is 0 Å². The number of carbonyl (C=O) groups excluding carboxylic acids is 3. The Hall–Kier alpha value is -3.01. The maximum absolute atomic E-state index is 12.7. The van der Waals surface area contributed by atoms with Gasteiger partial charge in [-0.05, 0) is 18.3 Å². The molecule has 0 spiro atoms. The van der Waals surface area contributed by atoms with Crippen LogP contribution >= 0.6 is 35.2 Å². The zero-order valence-electron chi connectivity index (χ0n) is 35.1. The summed E-state index contributed by atoms with van der Waals surface area (Å²) in [7, 11) is -16.5. The Morgan fingerprint density at radius 3 is 2.31 bits per heavy atom. The maximum Gasteiger partial charge on any atom is 0.481 e. The predicted octanol–water partition coefficient (Wildman–Crippen LogP) is 0.333. The summed E-state index contributed by atoms with van der Waals surface area (Å²) in [6.45, 7) is 3.89. The second-order valence-electron chi connectivity index (χ2n) is 15.7. The number of aliphatic carboxylic acids is 1. The minimum absolute atomic E-state index is 0.00740. The van der Waals surface area contributed by atoms with Crippen LogP contribution in [0.1, 0.15) is 72.4 Å². The van der Waals surface area contributed by atoms with E-state index in [2.05, 4.69) is 34.4 Å². The largest absolute Gasteiger partial charge is 0.481 e. The smallest absolute Gasteiger partial charge is 0.481 e. The quantitative estimate of drug-likeness (QED) is 0.0404. The molecule has 2 amide bonds. The number of nitrogen functional groups attached to an aromatic ring is 1. The van der Waals surface area contributed by atoms with Gasteiger partial charge in [-0.3, -0.25) is 37.3 Å². The molecule has 0 bridgehead atoms. The number of nitrogens with one attached hydrogen (secondary N) is 2. The zero-order chi connectivity index (χ0) is 48.2. The SMILES string of the molecule is CC(CCCC(C)C(O)CC(=O)SCCNC(=O)CCNC(=O)[C@H](O)C(C)(C)COP(=O)(O)OP(=O)(O)OC[C@H]1O[C@@H](n2cnc3c(N)ncnc32)[C@@H](O)[C@@H]1OP(=O)(O)O)CC(=O)O. The molecule has 5 unspecified atom stereocenters. The predicted molar refractivity (Wildman–Crippen MR) is 222 cm³/mol. The molecular formula is C33H56N7O20P3S. The van der Waals surface area contributed by atoms with Crippen molar-refractivity contribution in [2.75, 3.05) is 37.8 Å². The van der Waals surface area contributed by atoms with Gasteiger partial charge in [0.15, 0.2) is 22.8 Å². The molecule has 27 nitrogen and oxygen atoms in total. The molecule has 3 rings (SSSR count). The first kappa shape index (κ1) is 55.3. The molecule has 0 radical (unpaired) electrons. The number of aromatic nitrogens is 4. The fourth-order valence-electron chi connectivity index (χ4n) is 6.11. The first-order valence-corrected chi connectivity index (χ1v) is 25.1. The zero-order valence-corrected chi connectivity index (χ0v) is 38.6. The Morgan fingerprint density at radius 1 is 0.984 bits per heavy atom. The summed E-state index contributed by atoms with van der Waals surface area (Å²) >= 11 is 0.926. The molecule has 10 atom stereocenters. The van der Waals surface area contributed by atoms with Crippen LogP contribution in [0.4, 0.5) is 5.82 Å². The van der Waals surface area contributed by atoms with Crippen molar-refractivity contribution in [3.05, 3.63) is 12.7 Å². The van der Waals surface area contributed by atoms with Gasteiger partial charge in [-0.15, -0.1) is 0 Å². The maximum atomic E-state index is 12.7. The van der Waals surface area contributed by atoms with Crippen molar-refractivity contribution in [2.24, 2.45) is 17.3 Å². The number of nitrogens with two attached hydrogens (primary N) is 1. The normalized spacial score (nSPS) is 21.9. The molecule has 364 valence electrons. The van der Waals surface area contributed by atoms with E-state index >= 15 is 0 Å². The molecule has 12 N–H and O–H groups in total. The van der Waals surface area contributed by atoms with Crippen LogP contribution in [0, 0.1) is 17.3 Å². The van der Waals surface area contributed by atoms with E-state index in [1.165, 1.54) is 13.8 Å². The van der Waals surface area contributed by atoms with Crippen molar-refractivity contribution in [2.45, 2.75) is 103 Å². The highest BCUT2D eigenvalue weighted by atomic mass is 32.2. The van der Waals surface area contributed by atoms with Crippen LogP contribution in [-0.2, 0) is 55.5 Å². The van der Waals surface area contributed by atoms with Gasteiger partial charge in [-0.1, -0.05) is 52.3 Å². The molecule has 0 saturated carbocycles. The van der Waals surface area contributed by atoms with Gasteiger partial charge in [0.05, 0.1) is 25.6 Å². The van der Waals surface area contributed by atoms with Gasteiger partial charge < -0.3 is 61.1 Å². The number of carboxylic acid groups (broad SMARTS) is 1. The minimum atomic E-state index is -5.60. The highest BCUT2D eigenvalue weighted by Crippen LogP contribution is 2.61. The molecule has 31 heteroatoms. The van der Waals surface area contributed by atoms with Crippen molar-refractivity contribution in [1.29, 1.82) is 0 Å². The van der Waals surface area contributed by atoms with E-state index in [0.717, 1.165) is 29.0 Å². The van der Waals surface area contributed by atoms with Gasteiger partial charge in [0.1, 0.15) is 36.3 Å². The average Bonchev–Trinajstić information content (AvgIpc) is 3.74. The monoisotopic (exact) mass is 995 g/mol. The minimum Gasteiger partial charge on any atom is -0.481 e. The van der Waals surface area contributed by atoms with E-state index in [4.69, 9.17) is 24.6 Å². The van der Waals surface area contributed by atoms with Crippen LogP contribution in [-0.4, -0.2) is 145 Å². The Labute approximate surface area is 370 Å². The lowest BCUT2D eigenvalue weighted by Gasteiger charge is -2.30. The molecule has 3 heterocycles. The topological polar surface area (TPSA) is 421 Å².